The molecule has 122 heavy (non-hydrogen) atoms. The predicted molar refractivity (Wildman–Crippen MR) is 512 cm³/mol. The molecule has 0 spiro atoms. The van der Waals surface area contributed by atoms with Crippen LogP contribution in [0.25, 0.3) is 208 Å². The molecule has 606 valence electrons. The average molecular weight is 1600 g/mol. The molecule has 0 N–H and O–H groups in total. The lowest BCUT2D eigenvalue weighted by Gasteiger charge is -2.21. The smallest absolute Gasteiger partial charge is 0.147 e. The summed E-state index contributed by atoms with van der Waals surface area (Å²) in [6.07, 6.45) is 0. The van der Waals surface area contributed by atoms with E-state index in [1.165, 1.54) is 88.0 Å². The number of hydrogen-bond acceptors (Lipinski definition) is 9. The van der Waals surface area contributed by atoms with Gasteiger partial charge in [0.25, 0.3) is 0 Å². The number of aryl methyl sites for hydroxylation is 5. The highest BCUT2D eigenvalue weighted by atomic mass is 16.4. The van der Waals surface area contributed by atoms with Crippen molar-refractivity contribution >= 4 is 208 Å². The first-order valence-electron chi connectivity index (χ1n) is 42.7. The standard InChI is InChI=1S/4C23H20O2.C21H20O/c1-13-9-10-15-17-12-19-16(14-7-5-6-8-18(14)24-19)11-20(17)25-22(15)21(13)23(2,3)4;1-13-9-10-15-17-11-16-14-7-5-6-8-18(14)24-19(16)12-20(17)25-22(15)21(13)23(2,3)4;1-13-9-10-16-19-18(25-22(16)20(13)23(2,3)4)12-11-15-14-7-5-6-8-17(14)24-21(15)19;1-13-9-10-15-20-18(25-22(15)21(13)23(2,3)4)12-11-17-19(20)14-7-5-6-8-16(14)24-17;1-13-18(21(2,3)4)12-11-16-17-10-9-14-7-5-6-8-15(14)20(17)22-19(13)16/h4*5-12H,1-4H3;5-12H,1-4H3. The molecule has 24 aromatic rings. The molecule has 0 aliphatic carbocycles. The molecule has 0 aliphatic rings. The van der Waals surface area contributed by atoms with Crippen LogP contribution in [0.1, 0.15) is 159 Å². The highest BCUT2D eigenvalue weighted by Gasteiger charge is 2.31. The summed E-state index contributed by atoms with van der Waals surface area (Å²) >= 11 is 0. The Bertz CT molecular complexity index is 8350. The van der Waals surface area contributed by atoms with Crippen molar-refractivity contribution in [1.29, 1.82) is 0 Å². The lowest BCUT2D eigenvalue weighted by molar-refractivity contribution is 0.568. The maximum absolute atomic E-state index is 6.38. The van der Waals surface area contributed by atoms with Crippen molar-refractivity contribution in [3.8, 4) is 0 Å². The van der Waals surface area contributed by atoms with E-state index < -0.39 is 0 Å². The maximum Gasteiger partial charge on any atom is 0.147 e. The van der Waals surface area contributed by atoms with Crippen LogP contribution in [-0.2, 0) is 27.1 Å². The largest absolute Gasteiger partial charge is 0.456 e. The van der Waals surface area contributed by atoms with Gasteiger partial charge < -0.3 is 39.8 Å². The van der Waals surface area contributed by atoms with Gasteiger partial charge in [0.05, 0.1) is 5.39 Å². The van der Waals surface area contributed by atoms with Crippen molar-refractivity contribution in [2.75, 3.05) is 0 Å². The van der Waals surface area contributed by atoms with E-state index in [1.807, 2.05) is 72.8 Å². The molecule has 0 bridgehead atoms. The summed E-state index contributed by atoms with van der Waals surface area (Å²) in [5, 5.41) is 23.1. The summed E-state index contributed by atoms with van der Waals surface area (Å²) in [7, 11) is 0. The van der Waals surface area contributed by atoms with Crippen LogP contribution in [0.15, 0.2) is 282 Å². The molecule has 0 aliphatic heterocycles. The van der Waals surface area contributed by atoms with Crippen LogP contribution in [0.3, 0.4) is 0 Å². The van der Waals surface area contributed by atoms with E-state index in [4.69, 9.17) is 39.8 Å². The van der Waals surface area contributed by atoms with Crippen LogP contribution in [0.2, 0.25) is 0 Å². The Kier molecular flexibility index (Phi) is 17.7. The second-order valence-electron chi connectivity index (χ2n) is 38.8. The molecule has 0 amide bonds. The second-order valence-corrected chi connectivity index (χ2v) is 38.8. The van der Waals surface area contributed by atoms with Crippen molar-refractivity contribution in [2.24, 2.45) is 0 Å². The molecule has 9 heteroatoms. The van der Waals surface area contributed by atoms with E-state index in [0.717, 1.165) is 176 Å². The summed E-state index contributed by atoms with van der Waals surface area (Å²) in [6, 6.07) is 84.2. The fourth-order valence-electron chi connectivity index (χ4n) is 20.0. The van der Waals surface area contributed by atoms with Gasteiger partial charge in [-0.15, -0.1) is 0 Å². The third-order valence-corrected chi connectivity index (χ3v) is 25.0. The van der Waals surface area contributed by atoms with Crippen molar-refractivity contribution in [1.82, 2.24) is 0 Å². The van der Waals surface area contributed by atoms with Gasteiger partial charge in [-0.3, -0.25) is 0 Å². The molecule has 0 saturated carbocycles. The molecule has 9 nitrogen and oxygen atoms in total. The van der Waals surface area contributed by atoms with E-state index in [2.05, 4.69) is 308 Å². The minimum Gasteiger partial charge on any atom is -0.456 e. The number of hydrogen-bond donors (Lipinski definition) is 0. The first-order valence-corrected chi connectivity index (χ1v) is 42.7. The Morgan fingerprint density at radius 3 is 1.00 bits per heavy atom. The second kappa shape index (κ2) is 27.9. The first kappa shape index (κ1) is 77.4. The lowest BCUT2D eigenvalue weighted by Crippen LogP contribution is -2.13. The summed E-state index contributed by atoms with van der Waals surface area (Å²) in [5.41, 5.74) is 29.9. The Hall–Kier alpha value is -13.2. The topological polar surface area (TPSA) is 118 Å². The highest BCUT2D eigenvalue weighted by molar-refractivity contribution is 6.27. The van der Waals surface area contributed by atoms with E-state index in [0.29, 0.717) is 0 Å². The molecule has 0 unspecified atom stereocenters. The Morgan fingerprint density at radius 1 is 0.172 bits per heavy atom. The Labute approximate surface area is 707 Å². The molecule has 15 aromatic carbocycles. The van der Waals surface area contributed by atoms with Crippen LogP contribution in [0.4, 0.5) is 0 Å². The van der Waals surface area contributed by atoms with Crippen molar-refractivity contribution in [3.63, 3.8) is 0 Å². The Morgan fingerprint density at radius 2 is 0.475 bits per heavy atom. The summed E-state index contributed by atoms with van der Waals surface area (Å²) in [4.78, 5) is 0. The number of fused-ring (bicyclic) bond motifs is 31. The summed E-state index contributed by atoms with van der Waals surface area (Å²) < 4.78 is 56.1. The zero-order chi connectivity index (χ0) is 84.9. The fourth-order valence-corrected chi connectivity index (χ4v) is 20.0. The van der Waals surface area contributed by atoms with E-state index >= 15 is 0 Å². The number of para-hydroxylation sites is 4. The van der Waals surface area contributed by atoms with Crippen LogP contribution in [-0.4, -0.2) is 0 Å². The summed E-state index contributed by atoms with van der Waals surface area (Å²) in [5.74, 6) is 0. The van der Waals surface area contributed by atoms with Crippen molar-refractivity contribution < 1.29 is 39.8 Å². The van der Waals surface area contributed by atoms with Gasteiger partial charge in [0.2, 0.25) is 0 Å². The van der Waals surface area contributed by atoms with Gasteiger partial charge in [0.1, 0.15) is 100 Å². The first-order chi connectivity index (χ1) is 58.2. The molecule has 0 saturated heterocycles. The number of benzene rings is 15. The SMILES string of the molecule is Cc1c(C(C)(C)C)ccc2c1oc1c3ccccc3ccc21.Cc1ccc2c(oc3cc4c(cc32)oc2ccccc24)c1C(C)(C)C.Cc1ccc2c(oc3cc4oc5ccccc5c4cc32)c1C(C)(C)C.Cc1ccc2c(oc3ccc4c5ccccc5oc4c32)c1C(C)(C)C.Cc1ccc2c(oc3ccc4oc5ccccc5c4c32)c1C(C)(C)C. The average Bonchev–Trinajstić information content (AvgIpc) is 1.48. The number of rotatable bonds is 0. The van der Waals surface area contributed by atoms with Crippen LogP contribution in [0.5, 0.6) is 0 Å². The van der Waals surface area contributed by atoms with Gasteiger partial charge in [0.15, 0.2) is 0 Å². The minimum absolute atomic E-state index is 0.0183. The predicted octanol–water partition coefficient (Wildman–Crippen LogP) is 34.7. The quantitative estimate of drug-likeness (QED) is 0.146. The zero-order valence-corrected chi connectivity index (χ0v) is 73.3. The van der Waals surface area contributed by atoms with Crippen molar-refractivity contribution in [2.45, 2.75) is 166 Å². The van der Waals surface area contributed by atoms with Crippen LogP contribution < -0.4 is 0 Å². The van der Waals surface area contributed by atoms with Crippen LogP contribution in [0, 0.1) is 34.6 Å². The summed E-state index contributed by atoms with van der Waals surface area (Å²) in [6.45, 7) is 44.4. The normalized spacial score (nSPS) is 12.8. The minimum atomic E-state index is 0.0183. The van der Waals surface area contributed by atoms with Gasteiger partial charge in [-0.2, -0.15) is 0 Å². The lowest BCUT2D eigenvalue weighted by atomic mass is 9.83. The van der Waals surface area contributed by atoms with Gasteiger partial charge in [-0.25, -0.2) is 0 Å². The molecule has 0 radical (unpaired) electrons. The van der Waals surface area contributed by atoms with Gasteiger partial charge in [0, 0.05) is 125 Å². The Balaban J connectivity index is 0.0000000971. The third kappa shape index (κ3) is 12.6. The zero-order valence-electron chi connectivity index (χ0n) is 73.3. The highest BCUT2D eigenvalue weighted by Crippen LogP contribution is 2.49. The molecule has 0 atom stereocenters. The van der Waals surface area contributed by atoms with E-state index in [1.54, 1.807) is 0 Å². The maximum atomic E-state index is 6.38. The van der Waals surface area contributed by atoms with Gasteiger partial charge in [-0.05, 0) is 173 Å². The molecule has 24 rings (SSSR count). The van der Waals surface area contributed by atoms with Crippen LogP contribution >= 0.6 is 0 Å². The van der Waals surface area contributed by atoms with Gasteiger partial charge >= 0.3 is 0 Å². The molecular formula is C113H100O9. The number of furan rings is 9. The van der Waals surface area contributed by atoms with Crippen molar-refractivity contribution in [3.05, 3.63) is 298 Å². The molecule has 0 fully saturated rings. The third-order valence-electron chi connectivity index (χ3n) is 25.0. The fraction of sp³-hybridized carbons (Fsp3) is 0.221. The molecule has 9 aromatic heterocycles. The van der Waals surface area contributed by atoms with Gasteiger partial charge in [-0.1, -0.05) is 268 Å². The monoisotopic (exact) mass is 1600 g/mol. The van der Waals surface area contributed by atoms with E-state index in [-0.39, 0.29) is 27.1 Å². The molecular weight excluding hydrogens is 1500 g/mol. The molecule has 9 heterocycles. The van der Waals surface area contributed by atoms with E-state index in [9.17, 15) is 0 Å².